The number of carbonyl (C=O) groups is 2. The first-order chi connectivity index (χ1) is 15.5. The highest BCUT2D eigenvalue weighted by Crippen LogP contribution is 2.36. The van der Waals surface area contributed by atoms with E-state index in [9.17, 15) is 9.59 Å². The van der Waals surface area contributed by atoms with E-state index < -0.39 is 0 Å². The summed E-state index contributed by atoms with van der Waals surface area (Å²) in [6.07, 6.45) is 0.936. The van der Waals surface area contributed by atoms with Crippen molar-refractivity contribution < 1.29 is 14.3 Å². The maximum atomic E-state index is 13.4. The Bertz CT molecular complexity index is 1130. The van der Waals surface area contributed by atoms with Gasteiger partial charge in [-0.1, -0.05) is 39.0 Å². The van der Waals surface area contributed by atoms with Crippen LogP contribution in [0.4, 0.5) is 11.4 Å². The summed E-state index contributed by atoms with van der Waals surface area (Å²) in [5.41, 5.74) is 3.18. The van der Waals surface area contributed by atoms with Crippen LogP contribution in [0.1, 0.15) is 31.2 Å². The quantitative estimate of drug-likeness (QED) is 0.448. The number of hydrogen-bond donors (Lipinski definition) is 1. The molecule has 2 amide bonds. The fourth-order valence-corrected chi connectivity index (χ4v) is 4.22. The van der Waals surface area contributed by atoms with Crippen molar-refractivity contribution in [3.8, 4) is 5.75 Å². The normalized spacial score (nSPS) is 13.9. The van der Waals surface area contributed by atoms with Crippen LogP contribution in [0.3, 0.4) is 0 Å². The Balaban J connectivity index is 1.64. The molecule has 1 N–H and O–H groups in total. The number of ether oxygens (including phenoxy) is 1. The monoisotopic (exact) mass is 446 g/mol. The highest BCUT2D eigenvalue weighted by Gasteiger charge is 2.40. The van der Waals surface area contributed by atoms with Crippen molar-refractivity contribution in [2.45, 2.75) is 27.2 Å². The van der Waals surface area contributed by atoms with E-state index in [1.165, 1.54) is 21.8 Å². The lowest BCUT2D eigenvalue weighted by molar-refractivity contribution is -0.120. The molecule has 0 spiro atoms. The lowest BCUT2D eigenvalue weighted by Crippen LogP contribution is -2.32. The van der Waals surface area contributed by atoms with Crippen molar-refractivity contribution in [2.24, 2.45) is 5.92 Å². The molecule has 1 aliphatic rings. The average molecular weight is 447 g/mol. The van der Waals surface area contributed by atoms with Crippen LogP contribution in [-0.2, 0) is 16.0 Å². The third kappa shape index (κ3) is 4.46. The van der Waals surface area contributed by atoms with E-state index in [2.05, 4.69) is 26.1 Å². The topological polar surface area (TPSA) is 58.6 Å². The van der Waals surface area contributed by atoms with Gasteiger partial charge in [0.15, 0.2) is 0 Å². The second kappa shape index (κ2) is 9.40. The van der Waals surface area contributed by atoms with Crippen molar-refractivity contribution in [3.63, 3.8) is 0 Å². The maximum Gasteiger partial charge on any atom is 0.282 e. The summed E-state index contributed by atoms with van der Waals surface area (Å²) in [6, 6.07) is 18.7. The summed E-state index contributed by atoms with van der Waals surface area (Å²) in [4.78, 5) is 28.8. The molecule has 1 aromatic heterocycles. The first kappa shape index (κ1) is 21.8. The minimum absolute atomic E-state index is 0.293. The number of nitrogens with zero attached hydrogens (tertiary/aromatic N) is 1. The van der Waals surface area contributed by atoms with Gasteiger partial charge in [0.05, 0.1) is 17.9 Å². The number of rotatable bonds is 8. The van der Waals surface area contributed by atoms with Gasteiger partial charge in [-0.25, -0.2) is 4.90 Å². The number of thiophene rings is 1. The van der Waals surface area contributed by atoms with Crippen LogP contribution in [-0.4, -0.2) is 18.4 Å². The van der Waals surface area contributed by atoms with Crippen LogP contribution in [0.5, 0.6) is 5.75 Å². The smallest absolute Gasteiger partial charge is 0.282 e. The highest BCUT2D eigenvalue weighted by atomic mass is 32.1. The zero-order chi connectivity index (χ0) is 22.7. The summed E-state index contributed by atoms with van der Waals surface area (Å²) in [7, 11) is 0. The Labute approximate surface area is 192 Å². The highest BCUT2D eigenvalue weighted by molar-refractivity contribution is 7.11. The van der Waals surface area contributed by atoms with E-state index in [4.69, 9.17) is 4.74 Å². The van der Waals surface area contributed by atoms with Gasteiger partial charge in [-0.05, 0) is 65.7 Å². The molecule has 4 rings (SSSR count). The third-order valence-corrected chi connectivity index (χ3v) is 6.05. The Morgan fingerprint density at radius 3 is 2.28 bits per heavy atom. The van der Waals surface area contributed by atoms with Crippen LogP contribution in [0.15, 0.2) is 71.7 Å². The predicted octanol–water partition coefficient (Wildman–Crippen LogP) is 5.74. The van der Waals surface area contributed by atoms with Gasteiger partial charge in [0.2, 0.25) is 0 Å². The molecular weight excluding hydrogens is 420 g/mol. The summed E-state index contributed by atoms with van der Waals surface area (Å²) in [5.74, 6) is 0.422. The molecule has 0 unspecified atom stereocenters. The molecule has 32 heavy (non-hydrogen) atoms. The Morgan fingerprint density at radius 2 is 1.69 bits per heavy atom. The molecular formula is C26H26N2O3S. The second-order valence-corrected chi connectivity index (χ2v) is 8.99. The van der Waals surface area contributed by atoms with Gasteiger partial charge in [-0.15, -0.1) is 11.3 Å². The predicted molar refractivity (Wildman–Crippen MR) is 130 cm³/mol. The van der Waals surface area contributed by atoms with Crippen LogP contribution < -0.4 is 15.0 Å². The fraction of sp³-hybridized carbons (Fsp3) is 0.231. The van der Waals surface area contributed by atoms with E-state index in [1.54, 1.807) is 24.3 Å². The molecule has 2 aromatic carbocycles. The molecule has 0 fully saturated rings. The SMILES string of the molecule is CCc1ccc(NC2=C(c3cccs3)C(=O)N(c3ccc(OCC(C)C)cc3)C2=O)cc1. The molecule has 164 valence electrons. The molecule has 0 radical (unpaired) electrons. The number of carbonyl (C=O) groups excluding carboxylic acids is 2. The number of anilines is 2. The molecule has 3 aromatic rings. The van der Waals surface area contributed by atoms with Crippen LogP contribution >= 0.6 is 11.3 Å². The van der Waals surface area contributed by atoms with E-state index in [-0.39, 0.29) is 11.8 Å². The van der Waals surface area contributed by atoms with E-state index in [1.807, 2.05) is 41.8 Å². The minimum Gasteiger partial charge on any atom is -0.493 e. The summed E-state index contributed by atoms with van der Waals surface area (Å²) < 4.78 is 5.73. The van der Waals surface area contributed by atoms with Crippen molar-refractivity contribution >= 4 is 40.1 Å². The molecule has 2 heterocycles. The molecule has 6 heteroatoms. The number of hydrogen-bond acceptors (Lipinski definition) is 5. The zero-order valence-corrected chi connectivity index (χ0v) is 19.2. The van der Waals surface area contributed by atoms with E-state index in [0.29, 0.717) is 35.2 Å². The average Bonchev–Trinajstić information content (AvgIpc) is 3.40. The number of nitrogens with one attached hydrogen (secondary N) is 1. The van der Waals surface area contributed by atoms with Gasteiger partial charge >= 0.3 is 0 Å². The van der Waals surface area contributed by atoms with Crippen molar-refractivity contribution in [1.82, 2.24) is 0 Å². The molecule has 0 saturated heterocycles. The van der Waals surface area contributed by atoms with E-state index in [0.717, 1.165) is 17.0 Å². The van der Waals surface area contributed by atoms with E-state index >= 15 is 0 Å². The van der Waals surface area contributed by atoms with Crippen LogP contribution in [0.2, 0.25) is 0 Å². The van der Waals surface area contributed by atoms with Crippen LogP contribution in [0.25, 0.3) is 5.57 Å². The Morgan fingerprint density at radius 1 is 0.969 bits per heavy atom. The van der Waals surface area contributed by atoms with Gasteiger partial charge < -0.3 is 10.1 Å². The molecule has 0 atom stereocenters. The summed E-state index contributed by atoms with van der Waals surface area (Å²) >= 11 is 1.44. The van der Waals surface area contributed by atoms with Crippen molar-refractivity contribution in [2.75, 3.05) is 16.8 Å². The first-order valence-corrected chi connectivity index (χ1v) is 11.6. The standard InChI is InChI=1S/C26H26N2O3S/c1-4-18-7-9-19(10-8-18)27-24-23(22-6-5-15-32-22)25(29)28(26(24)30)20-11-13-21(14-12-20)31-16-17(2)3/h5-15,17,27H,4,16H2,1-3H3. The van der Waals surface area contributed by atoms with Gasteiger partial charge in [0, 0.05) is 10.6 Å². The number of aryl methyl sites for hydroxylation is 1. The second-order valence-electron chi connectivity index (χ2n) is 8.05. The van der Waals surface area contributed by atoms with Gasteiger partial charge in [0.1, 0.15) is 11.4 Å². The molecule has 5 nitrogen and oxygen atoms in total. The van der Waals surface area contributed by atoms with Crippen molar-refractivity contribution in [3.05, 3.63) is 82.2 Å². The zero-order valence-electron chi connectivity index (χ0n) is 18.4. The number of benzene rings is 2. The lowest BCUT2D eigenvalue weighted by Gasteiger charge is -2.16. The molecule has 0 saturated carbocycles. The van der Waals surface area contributed by atoms with Gasteiger partial charge in [-0.2, -0.15) is 0 Å². The van der Waals surface area contributed by atoms with Gasteiger partial charge in [0.25, 0.3) is 11.8 Å². The Kier molecular flexibility index (Phi) is 6.42. The first-order valence-electron chi connectivity index (χ1n) is 10.7. The maximum absolute atomic E-state index is 13.4. The molecule has 0 aliphatic carbocycles. The molecule has 1 aliphatic heterocycles. The number of amides is 2. The summed E-state index contributed by atoms with van der Waals surface area (Å²) in [6.45, 7) is 6.86. The largest absolute Gasteiger partial charge is 0.493 e. The third-order valence-electron chi connectivity index (χ3n) is 5.16. The summed E-state index contributed by atoms with van der Waals surface area (Å²) in [5, 5.41) is 5.10. The molecule has 0 bridgehead atoms. The Hall–Kier alpha value is -3.38. The van der Waals surface area contributed by atoms with Crippen molar-refractivity contribution in [1.29, 1.82) is 0 Å². The minimum atomic E-state index is -0.367. The van der Waals surface area contributed by atoms with Crippen LogP contribution in [0, 0.1) is 5.92 Å². The lowest BCUT2D eigenvalue weighted by atomic mass is 10.1. The number of imide groups is 1. The fourth-order valence-electron chi connectivity index (χ4n) is 3.45. The van der Waals surface area contributed by atoms with Gasteiger partial charge in [-0.3, -0.25) is 9.59 Å².